The molecule has 0 N–H and O–H groups in total. The van der Waals surface area contributed by atoms with Gasteiger partial charge in [0.15, 0.2) is 5.78 Å². The molecule has 4 nitrogen and oxygen atoms in total. The quantitative estimate of drug-likeness (QED) is 0.196. The van der Waals surface area contributed by atoms with Crippen molar-refractivity contribution in [3.63, 3.8) is 0 Å². The molecule has 4 heteroatoms. The van der Waals surface area contributed by atoms with Crippen LogP contribution in [0.1, 0.15) is 48.0 Å². The zero-order chi connectivity index (χ0) is 23.2. The van der Waals surface area contributed by atoms with E-state index in [-0.39, 0.29) is 5.78 Å². The van der Waals surface area contributed by atoms with Crippen molar-refractivity contribution in [2.45, 2.75) is 48.0 Å². The minimum atomic E-state index is 0.0412. The average Bonchev–Trinajstić information content (AvgIpc) is 2.75. The Labute approximate surface area is 185 Å². The van der Waals surface area contributed by atoms with E-state index in [9.17, 15) is 4.79 Å². The first-order valence-electron chi connectivity index (χ1n) is 10.8. The molecule has 0 radical (unpaired) electrons. The van der Waals surface area contributed by atoms with Gasteiger partial charge in [-0.2, -0.15) is 0 Å². The van der Waals surface area contributed by atoms with Crippen molar-refractivity contribution in [2.75, 3.05) is 40.5 Å². The Morgan fingerprint density at radius 1 is 1.07 bits per heavy atom. The molecule has 0 aliphatic rings. The summed E-state index contributed by atoms with van der Waals surface area (Å²) < 4.78 is 10.9. The molecule has 0 aliphatic carbocycles. The Morgan fingerprint density at radius 3 is 2.30 bits per heavy atom. The molecule has 0 spiro atoms. The van der Waals surface area contributed by atoms with Crippen molar-refractivity contribution < 1.29 is 14.3 Å². The zero-order valence-corrected chi connectivity index (χ0v) is 20.4. The molecule has 0 saturated heterocycles. The van der Waals surface area contributed by atoms with Crippen molar-refractivity contribution >= 4 is 5.78 Å². The molecule has 0 unspecified atom stereocenters. The molecule has 0 aromatic carbocycles. The monoisotopic (exact) mass is 417 g/mol. The number of methoxy groups -OCH3 is 1. The Bertz CT molecular complexity index is 622. The van der Waals surface area contributed by atoms with E-state index < -0.39 is 0 Å². The lowest BCUT2D eigenvalue weighted by Gasteiger charge is -2.12. The normalized spacial score (nSPS) is 13.4. The van der Waals surface area contributed by atoms with Gasteiger partial charge in [-0.3, -0.25) is 4.79 Å². The molecule has 0 aromatic rings. The Hall–Kier alpha value is -2.17. The van der Waals surface area contributed by atoms with Crippen molar-refractivity contribution in [1.82, 2.24) is 4.90 Å². The molecule has 0 bridgehead atoms. The van der Waals surface area contributed by atoms with Gasteiger partial charge in [-0.15, -0.1) is 0 Å². The summed E-state index contributed by atoms with van der Waals surface area (Å²) in [7, 11) is 3.78. The van der Waals surface area contributed by atoms with Crippen LogP contribution in [-0.4, -0.2) is 51.1 Å². The first-order valence-corrected chi connectivity index (χ1v) is 10.8. The molecule has 0 aliphatic heterocycles. The highest BCUT2D eigenvalue weighted by Crippen LogP contribution is 2.16. The maximum Gasteiger partial charge on any atom is 0.160 e. The van der Waals surface area contributed by atoms with Crippen molar-refractivity contribution in [1.29, 1.82) is 0 Å². The maximum absolute atomic E-state index is 11.9. The van der Waals surface area contributed by atoms with E-state index in [0.717, 1.165) is 37.3 Å². The summed E-state index contributed by atoms with van der Waals surface area (Å²) in [6, 6.07) is 0. The fourth-order valence-electron chi connectivity index (χ4n) is 2.36. The van der Waals surface area contributed by atoms with Crippen LogP contribution in [-0.2, 0) is 14.3 Å². The van der Waals surface area contributed by atoms with Gasteiger partial charge < -0.3 is 14.4 Å². The number of rotatable bonds is 14. The number of carbonyl (C=O) groups is 1. The van der Waals surface area contributed by atoms with E-state index in [4.69, 9.17) is 9.47 Å². The lowest BCUT2D eigenvalue weighted by molar-refractivity contribution is -0.113. The third kappa shape index (κ3) is 15.7. The van der Waals surface area contributed by atoms with Crippen molar-refractivity contribution in [3.8, 4) is 0 Å². The highest BCUT2D eigenvalue weighted by molar-refractivity contribution is 5.97. The maximum atomic E-state index is 11.9. The molecule has 0 aromatic heterocycles. The lowest BCUT2D eigenvalue weighted by Crippen LogP contribution is -2.22. The number of ketones is 1. The number of nitrogens with zero attached hydrogens (tertiary/aromatic N) is 1. The average molecular weight is 418 g/mol. The number of ether oxygens (including phenoxy) is 2. The van der Waals surface area contributed by atoms with Gasteiger partial charge in [0.2, 0.25) is 0 Å². The lowest BCUT2D eigenvalue weighted by atomic mass is 10.0. The predicted molar refractivity (Wildman–Crippen MR) is 131 cm³/mol. The number of allylic oxidation sites excluding steroid dienone is 8. The summed E-state index contributed by atoms with van der Waals surface area (Å²) in [5, 5.41) is 0. The summed E-state index contributed by atoms with van der Waals surface area (Å²) in [5.74, 6) is 0.0412. The van der Waals surface area contributed by atoms with Gasteiger partial charge in [0, 0.05) is 25.8 Å². The fourth-order valence-corrected chi connectivity index (χ4v) is 2.36. The molecule has 0 fully saturated rings. The Balaban J connectivity index is 0. The minimum absolute atomic E-state index is 0.0412. The van der Waals surface area contributed by atoms with Crippen LogP contribution in [0.3, 0.4) is 0 Å². The molecule has 0 saturated carbocycles. The van der Waals surface area contributed by atoms with Gasteiger partial charge in [-0.05, 0) is 45.4 Å². The summed E-state index contributed by atoms with van der Waals surface area (Å²) >= 11 is 0. The third-order valence-electron chi connectivity index (χ3n) is 3.96. The first kappa shape index (κ1) is 30.0. The summed E-state index contributed by atoms with van der Waals surface area (Å²) in [6.07, 6.45) is 18.3. The predicted octanol–water partition coefficient (Wildman–Crippen LogP) is 6.05. The Kier molecular flexibility index (Phi) is 21.6. The van der Waals surface area contributed by atoms with Gasteiger partial charge in [-0.25, -0.2) is 0 Å². The first-order chi connectivity index (χ1) is 14.5. The van der Waals surface area contributed by atoms with E-state index >= 15 is 0 Å². The highest BCUT2D eigenvalue weighted by Gasteiger charge is 2.08. The SMILES string of the molecule is CC.C\C=C/C=C(C(C)=O)\C(=C\OCC(/C=C\C)=C/C=C/CN(C)CCOC)CC. The second-order valence-corrected chi connectivity index (χ2v) is 6.39. The number of likely N-dealkylation sites (N-methyl/N-ethyl adjacent to an activating group) is 1. The number of Topliss-reactive ketones (excluding diaryl/α,β-unsaturated/α-hetero) is 1. The van der Waals surface area contributed by atoms with Crippen LogP contribution in [0.4, 0.5) is 0 Å². The van der Waals surface area contributed by atoms with Crippen LogP contribution in [0.15, 0.2) is 71.6 Å². The van der Waals surface area contributed by atoms with E-state index in [0.29, 0.717) is 12.2 Å². The van der Waals surface area contributed by atoms with Crippen LogP contribution in [0.2, 0.25) is 0 Å². The van der Waals surface area contributed by atoms with Crippen LogP contribution in [0.25, 0.3) is 0 Å². The van der Waals surface area contributed by atoms with Crippen LogP contribution >= 0.6 is 0 Å². The smallest absolute Gasteiger partial charge is 0.160 e. The number of hydrogen-bond donors (Lipinski definition) is 0. The van der Waals surface area contributed by atoms with E-state index in [1.54, 1.807) is 20.3 Å². The molecule has 0 amide bonds. The standard InChI is InChI=1S/C24H37NO3.C2H6/c1-7-10-15-24(21(4)26)23(9-3)20-28-19-22(13-8-2)14-11-12-16-25(5)17-18-27-6;1-2/h7-8,10-15,20H,9,16-19H2,1-6H3;1-2H3/b10-7-,12-11+,13-8-,22-14+,23-20+,24-15-;. The van der Waals surface area contributed by atoms with Crippen molar-refractivity contribution in [3.05, 3.63) is 71.6 Å². The number of carbonyl (C=O) groups excluding carboxylic acids is 1. The molecule has 0 atom stereocenters. The number of hydrogen-bond acceptors (Lipinski definition) is 4. The van der Waals surface area contributed by atoms with Gasteiger partial charge in [0.25, 0.3) is 0 Å². The summed E-state index contributed by atoms with van der Waals surface area (Å²) in [4.78, 5) is 14.1. The summed E-state index contributed by atoms with van der Waals surface area (Å²) in [5.41, 5.74) is 2.66. The van der Waals surface area contributed by atoms with Crippen LogP contribution in [0, 0.1) is 0 Å². The highest BCUT2D eigenvalue weighted by atomic mass is 16.5. The molecular formula is C26H43NO3. The topological polar surface area (TPSA) is 38.8 Å². The second kappa shape index (κ2) is 21.5. The van der Waals surface area contributed by atoms with Gasteiger partial charge >= 0.3 is 0 Å². The second-order valence-electron chi connectivity index (χ2n) is 6.39. The van der Waals surface area contributed by atoms with Crippen molar-refractivity contribution in [2.24, 2.45) is 0 Å². The molecule has 170 valence electrons. The molecule has 0 rings (SSSR count). The van der Waals surface area contributed by atoms with E-state index in [1.165, 1.54) is 0 Å². The largest absolute Gasteiger partial charge is 0.496 e. The molecular weight excluding hydrogens is 374 g/mol. The van der Waals surface area contributed by atoms with E-state index in [1.807, 2.05) is 77.2 Å². The van der Waals surface area contributed by atoms with Crippen LogP contribution < -0.4 is 0 Å². The van der Waals surface area contributed by atoms with Crippen LogP contribution in [0.5, 0.6) is 0 Å². The van der Waals surface area contributed by atoms with E-state index in [2.05, 4.69) is 18.0 Å². The van der Waals surface area contributed by atoms with Gasteiger partial charge in [0.05, 0.1) is 12.9 Å². The molecule has 30 heavy (non-hydrogen) atoms. The fraction of sp³-hybridized carbons (Fsp3) is 0.500. The van der Waals surface area contributed by atoms with Gasteiger partial charge in [-0.1, -0.05) is 69.4 Å². The molecule has 0 heterocycles. The summed E-state index contributed by atoms with van der Waals surface area (Å²) in [6.45, 7) is 14.5. The Morgan fingerprint density at radius 2 is 1.77 bits per heavy atom. The van der Waals surface area contributed by atoms with Gasteiger partial charge in [0.1, 0.15) is 6.61 Å². The third-order valence-corrected chi connectivity index (χ3v) is 3.96. The zero-order valence-electron chi connectivity index (χ0n) is 20.4. The minimum Gasteiger partial charge on any atom is -0.496 e.